The third-order valence-corrected chi connectivity index (χ3v) is 2.26. The van der Waals surface area contributed by atoms with Crippen LogP contribution in [0.4, 0.5) is 6.01 Å². The SMILES string of the molecule is C=CCCNc1nc2ccc(C(=O)O)cc2o1. The van der Waals surface area contributed by atoms with Crippen molar-refractivity contribution in [2.24, 2.45) is 0 Å². The fourth-order valence-electron chi connectivity index (χ4n) is 1.41. The second-order valence-corrected chi connectivity index (χ2v) is 3.51. The maximum Gasteiger partial charge on any atom is 0.335 e. The average molecular weight is 232 g/mol. The number of carbonyl (C=O) groups is 1. The highest BCUT2D eigenvalue weighted by atomic mass is 16.4. The third-order valence-electron chi connectivity index (χ3n) is 2.26. The number of carboxylic acid groups (broad SMARTS) is 1. The van der Waals surface area contributed by atoms with Crippen molar-refractivity contribution in [1.82, 2.24) is 4.98 Å². The zero-order valence-corrected chi connectivity index (χ0v) is 9.14. The molecular weight excluding hydrogens is 220 g/mol. The number of aromatic carboxylic acids is 1. The number of nitrogens with zero attached hydrogens (tertiary/aromatic N) is 1. The molecule has 0 amide bonds. The molecule has 0 unspecified atom stereocenters. The Morgan fingerprint density at radius 2 is 2.41 bits per heavy atom. The van der Waals surface area contributed by atoms with E-state index in [2.05, 4.69) is 16.9 Å². The third kappa shape index (κ3) is 2.44. The molecule has 17 heavy (non-hydrogen) atoms. The molecule has 0 radical (unpaired) electrons. The average Bonchev–Trinajstić information content (AvgIpc) is 2.70. The Morgan fingerprint density at radius 1 is 1.59 bits per heavy atom. The standard InChI is InChI=1S/C12H12N2O3/c1-2-3-6-13-12-14-9-5-4-8(11(15)16)7-10(9)17-12/h2,4-5,7H,1,3,6H2,(H,13,14)(H,15,16). The minimum Gasteiger partial charge on any atom is -0.478 e. The molecule has 0 aliphatic carbocycles. The topological polar surface area (TPSA) is 75.4 Å². The van der Waals surface area contributed by atoms with Crippen LogP contribution in [-0.2, 0) is 0 Å². The number of hydrogen-bond donors (Lipinski definition) is 2. The molecule has 1 aromatic carbocycles. The minimum absolute atomic E-state index is 0.186. The first-order valence-corrected chi connectivity index (χ1v) is 5.19. The Bertz CT molecular complexity index is 560. The van der Waals surface area contributed by atoms with Crippen LogP contribution >= 0.6 is 0 Å². The fourth-order valence-corrected chi connectivity index (χ4v) is 1.41. The fraction of sp³-hybridized carbons (Fsp3) is 0.167. The van der Waals surface area contributed by atoms with Gasteiger partial charge >= 0.3 is 5.97 Å². The van der Waals surface area contributed by atoms with Gasteiger partial charge in [-0.2, -0.15) is 4.98 Å². The van der Waals surface area contributed by atoms with E-state index in [1.165, 1.54) is 12.1 Å². The molecule has 2 aromatic rings. The lowest BCUT2D eigenvalue weighted by Crippen LogP contribution is -1.99. The van der Waals surface area contributed by atoms with Gasteiger partial charge in [0, 0.05) is 6.54 Å². The number of aromatic nitrogens is 1. The highest BCUT2D eigenvalue weighted by Crippen LogP contribution is 2.20. The van der Waals surface area contributed by atoms with E-state index in [0.29, 0.717) is 23.7 Å². The molecule has 1 aromatic heterocycles. The van der Waals surface area contributed by atoms with E-state index in [1.54, 1.807) is 12.1 Å². The lowest BCUT2D eigenvalue weighted by atomic mass is 10.2. The number of nitrogens with one attached hydrogen (secondary N) is 1. The van der Waals surface area contributed by atoms with Crippen molar-refractivity contribution in [3.05, 3.63) is 36.4 Å². The maximum absolute atomic E-state index is 10.8. The van der Waals surface area contributed by atoms with Gasteiger partial charge in [-0.05, 0) is 24.6 Å². The van der Waals surface area contributed by atoms with Gasteiger partial charge in [-0.25, -0.2) is 4.79 Å². The van der Waals surface area contributed by atoms with E-state index < -0.39 is 5.97 Å². The number of oxazole rings is 1. The molecule has 0 aliphatic rings. The zero-order chi connectivity index (χ0) is 12.3. The Balaban J connectivity index is 2.24. The molecule has 0 atom stereocenters. The Labute approximate surface area is 97.8 Å². The molecule has 5 nitrogen and oxygen atoms in total. The Morgan fingerprint density at radius 3 is 3.12 bits per heavy atom. The Kier molecular flexibility index (Phi) is 3.09. The summed E-state index contributed by atoms with van der Waals surface area (Å²) in [5, 5.41) is 11.8. The van der Waals surface area contributed by atoms with Gasteiger partial charge < -0.3 is 14.8 Å². The first kappa shape index (κ1) is 11.2. The monoisotopic (exact) mass is 232 g/mol. The number of hydrogen-bond acceptors (Lipinski definition) is 4. The molecule has 0 aliphatic heterocycles. The summed E-state index contributed by atoms with van der Waals surface area (Å²) < 4.78 is 5.39. The Hall–Kier alpha value is -2.30. The molecule has 0 saturated carbocycles. The summed E-state index contributed by atoms with van der Waals surface area (Å²) in [5.74, 6) is -0.982. The minimum atomic E-state index is -0.982. The molecule has 88 valence electrons. The summed E-state index contributed by atoms with van der Waals surface area (Å²) in [4.78, 5) is 15.0. The first-order valence-electron chi connectivity index (χ1n) is 5.19. The van der Waals surface area contributed by atoms with Gasteiger partial charge in [-0.3, -0.25) is 0 Å². The van der Waals surface area contributed by atoms with Gasteiger partial charge in [0.1, 0.15) is 5.52 Å². The summed E-state index contributed by atoms with van der Waals surface area (Å²) >= 11 is 0. The van der Waals surface area contributed by atoms with E-state index in [-0.39, 0.29) is 5.56 Å². The van der Waals surface area contributed by atoms with Crippen molar-refractivity contribution >= 4 is 23.1 Å². The smallest absolute Gasteiger partial charge is 0.335 e. The second-order valence-electron chi connectivity index (χ2n) is 3.51. The van der Waals surface area contributed by atoms with Crippen LogP contribution in [0.2, 0.25) is 0 Å². The molecule has 0 fully saturated rings. The number of carboxylic acids is 1. The van der Waals surface area contributed by atoms with Gasteiger partial charge in [-0.15, -0.1) is 6.58 Å². The van der Waals surface area contributed by atoms with Crippen LogP contribution in [0, 0.1) is 0 Å². The van der Waals surface area contributed by atoms with E-state index in [1.807, 2.05) is 0 Å². The van der Waals surface area contributed by atoms with Crippen LogP contribution in [-0.4, -0.2) is 22.6 Å². The molecular formula is C12H12N2O3. The van der Waals surface area contributed by atoms with Crippen LogP contribution < -0.4 is 5.32 Å². The summed E-state index contributed by atoms with van der Waals surface area (Å²) in [5.41, 5.74) is 1.29. The molecule has 5 heteroatoms. The van der Waals surface area contributed by atoms with E-state index >= 15 is 0 Å². The molecule has 1 heterocycles. The number of rotatable bonds is 5. The number of benzene rings is 1. The number of fused-ring (bicyclic) bond motifs is 1. The summed E-state index contributed by atoms with van der Waals surface area (Å²) in [6.45, 7) is 4.29. The molecule has 0 spiro atoms. The molecule has 2 N–H and O–H groups in total. The van der Waals surface area contributed by atoms with Crippen LogP contribution in [0.15, 0.2) is 35.3 Å². The predicted octanol–water partition coefficient (Wildman–Crippen LogP) is 2.51. The lowest BCUT2D eigenvalue weighted by molar-refractivity contribution is 0.0697. The second kappa shape index (κ2) is 4.69. The van der Waals surface area contributed by atoms with Crippen LogP contribution in [0.1, 0.15) is 16.8 Å². The van der Waals surface area contributed by atoms with Gasteiger partial charge in [0.25, 0.3) is 6.01 Å². The zero-order valence-electron chi connectivity index (χ0n) is 9.14. The van der Waals surface area contributed by atoms with Crippen LogP contribution in [0.25, 0.3) is 11.1 Å². The van der Waals surface area contributed by atoms with E-state index in [4.69, 9.17) is 9.52 Å². The molecule has 0 saturated heterocycles. The van der Waals surface area contributed by atoms with Crippen LogP contribution in [0.3, 0.4) is 0 Å². The van der Waals surface area contributed by atoms with Gasteiger partial charge in [0.2, 0.25) is 0 Å². The first-order chi connectivity index (χ1) is 8.20. The van der Waals surface area contributed by atoms with E-state index in [0.717, 1.165) is 6.42 Å². The van der Waals surface area contributed by atoms with Crippen molar-refractivity contribution in [2.75, 3.05) is 11.9 Å². The van der Waals surface area contributed by atoms with Crippen LogP contribution in [0.5, 0.6) is 0 Å². The summed E-state index contributed by atoms with van der Waals surface area (Å²) in [6.07, 6.45) is 2.59. The highest BCUT2D eigenvalue weighted by molar-refractivity contribution is 5.92. The van der Waals surface area contributed by atoms with Crippen molar-refractivity contribution in [3.63, 3.8) is 0 Å². The lowest BCUT2D eigenvalue weighted by Gasteiger charge is -1.95. The normalized spacial score (nSPS) is 10.4. The summed E-state index contributed by atoms with van der Waals surface area (Å²) in [7, 11) is 0. The number of anilines is 1. The van der Waals surface area contributed by atoms with Crippen molar-refractivity contribution in [2.45, 2.75) is 6.42 Å². The molecule has 0 bridgehead atoms. The largest absolute Gasteiger partial charge is 0.478 e. The highest BCUT2D eigenvalue weighted by Gasteiger charge is 2.08. The maximum atomic E-state index is 10.8. The predicted molar refractivity (Wildman–Crippen MR) is 64.3 cm³/mol. The quantitative estimate of drug-likeness (QED) is 0.612. The van der Waals surface area contributed by atoms with Crippen molar-refractivity contribution in [1.29, 1.82) is 0 Å². The summed E-state index contributed by atoms with van der Waals surface area (Å²) in [6, 6.07) is 4.98. The molecule has 2 rings (SSSR count). The van der Waals surface area contributed by atoms with E-state index in [9.17, 15) is 4.79 Å². The van der Waals surface area contributed by atoms with Gasteiger partial charge in [-0.1, -0.05) is 6.08 Å². The van der Waals surface area contributed by atoms with Gasteiger partial charge in [0.15, 0.2) is 5.58 Å². The van der Waals surface area contributed by atoms with Crippen molar-refractivity contribution < 1.29 is 14.3 Å². The van der Waals surface area contributed by atoms with Gasteiger partial charge in [0.05, 0.1) is 5.56 Å². The van der Waals surface area contributed by atoms with Crippen molar-refractivity contribution in [3.8, 4) is 0 Å².